The van der Waals surface area contributed by atoms with Crippen LogP contribution in [0.2, 0.25) is 0 Å². The summed E-state index contributed by atoms with van der Waals surface area (Å²) in [6.45, 7) is 1.03. The van der Waals surface area contributed by atoms with Gasteiger partial charge in [0.2, 0.25) is 0 Å². The van der Waals surface area contributed by atoms with Crippen LogP contribution < -0.4 is 4.74 Å². The maximum atomic E-state index is 12.7. The highest BCUT2D eigenvalue weighted by molar-refractivity contribution is 5.93. The summed E-state index contributed by atoms with van der Waals surface area (Å²) in [4.78, 5) is 10.9. The molecule has 0 heterocycles. The van der Waals surface area contributed by atoms with Gasteiger partial charge in [0.05, 0.1) is 17.7 Å². The maximum absolute atomic E-state index is 12.7. The fraction of sp³-hybridized carbons (Fsp3) is 0.364. The molecule has 0 atom stereocenters. The minimum atomic E-state index is -5.25. The predicted molar refractivity (Wildman–Crippen MR) is 54.6 cm³/mol. The molecule has 1 aromatic carbocycles. The highest BCUT2D eigenvalue weighted by Gasteiger charge is 2.41. The van der Waals surface area contributed by atoms with Crippen LogP contribution in [0.4, 0.5) is 26.3 Å². The molecule has 0 spiro atoms. The zero-order valence-electron chi connectivity index (χ0n) is 9.89. The summed E-state index contributed by atoms with van der Waals surface area (Å²) in [7, 11) is 0. The lowest BCUT2D eigenvalue weighted by atomic mass is 10.0. The molecule has 0 aliphatic carbocycles. The van der Waals surface area contributed by atoms with Gasteiger partial charge in [-0.05, 0) is 19.1 Å². The van der Waals surface area contributed by atoms with E-state index in [4.69, 9.17) is 5.11 Å². The monoisotopic (exact) mass is 302 g/mol. The van der Waals surface area contributed by atoms with Gasteiger partial charge in [0.25, 0.3) is 0 Å². The largest absolute Gasteiger partial charge is 0.493 e. The Morgan fingerprint density at radius 1 is 1.15 bits per heavy atom. The molecule has 0 bridgehead atoms. The number of carboxylic acids is 1. The zero-order valence-corrected chi connectivity index (χ0v) is 9.89. The molecule has 0 aliphatic rings. The molecule has 0 amide bonds. The third kappa shape index (κ3) is 3.34. The van der Waals surface area contributed by atoms with Crippen LogP contribution in [-0.2, 0) is 12.4 Å². The minimum absolute atomic E-state index is 0.238. The topological polar surface area (TPSA) is 46.5 Å². The number of hydrogen-bond donors (Lipinski definition) is 1. The Bertz CT molecular complexity index is 518. The van der Waals surface area contributed by atoms with Crippen molar-refractivity contribution in [2.45, 2.75) is 19.3 Å². The summed E-state index contributed by atoms with van der Waals surface area (Å²) >= 11 is 0. The number of benzene rings is 1. The van der Waals surface area contributed by atoms with Crippen LogP contribution in [0.15, 0.2) is 12.1 Å². The molecule has 0 saturated heterocycles. The number of hydrogen-bond acceptors (Lipinski definition) is 2. The van der Waals surface area contributed by atoms with Crippen LogP contribution in [0.5, 0.6) is 5.75 Å². The number of carboxylic acid groups (broad SMARTS) is 1. The van der Waals surface area contributed by atoms with Crippen LogP contribution >= 0.6 is 0 Å². The van der Waals surface area contributed by atoms with Crippen molar-refractivity contribution in [3.63, 3.8) is 0 Å². The molecule has 1 rings (SSSR count). The maximum Gasteiger partial charge on any atom is 0.417 e. The van der Waals surface area contributed by atoms with Gasteiger partial charge in [0.1, 0.15) is 11.3 Å². The van der Waals surface area contributed by atoms with Gasteiger partial charge < -0.3 is 9.84 Å². The molecule has 0 aliphatic heterocycles. The Morgan fingerprint density at radius 2 is 1.70 bits per heavy atom. The first kappa shape index (κ1) is 16.1. The summed E-state index contributed by atoms with van der Waals surface area (Å²) in [5, 5.41) is 8.77. The first-order chi connectivity index (χ1) is 8.98. The molecule has 9 heteroatoms. The minimum Gasteiger partial charge on any atom is -0.493 e. The third-order valence-electron chi connectivity index (χ3n) is 2.25. The Morgan fingerprint density at radius 3 is 2.05 bits per heavy atom. The number of aromatic carboxylic acids is 1. The van der Waals surface area contributed by atoms with Gasteiger partial charge in [-0.25, -0.2) is 4.79 Å². The van der Waals surface area contributed by atoms with Crippen molar-refractivity contribution >= 4 is 5.97 Å². The smallest absolute Gasteiger partial charge is 0.417 e. The van der Waals surface area contributed by atoms with Crippen molar-refractivity contribution < 1.29 is 41.0 Å². The van der Waals surface area contributed by atoms with Gasteiger partial charge in [-0.1, -0.05) is 0 Å². The quantitative estimate of drug-likeness (QED) is 0.863. The lowest BCUT2D eigenvalue weighted by Gasteiger charge is -2.17. The second kappa shape index (κ2) is 5.22. The number of ether oxygens (including phenoxy) is 1. The number of rotatable bonds is 3. The SMILES string of the molecule is CCOc1cc(C(F)(F)F)cc(C(F)(F)F)c1C(=O)O. The number of alkyl halides is 6. The summed E-state index contributed by atoms with van der Waals surface area (Å²) in [6, 6.07) is -0.00579. The fourth-order valence-corrected chi connectivity index (χ4v) is 1.49. The van der Waals surface area contributed by atoms with Gasteiger partial charge in [-0.3, -0.25) is 0 Å². The number of halogens is 6. The lowest BCUT2D eigenvalue weighted by molar-refractivity contribution is -0.143. The standard InChI is InChI=1S/C11H8F6O3/c1-2-20-7-4-5(10(12,13)14)3-6(11(15,16)17)8(7)9(18)19/h3-4H,2H2,1H3,(H,18,19). The van der Waals surface area contributed by atoms with Crippen LogP contribution in [0.1, 0.15) is 28.4 Å². The summed E-state index contributed by atoms with van der Waals surface area (Å²) < 4.78 is 80.3. The van der Waals surface area contributed by atoms with Crippen LogP contribution in [0.3, 0.4) is 0 Å². The van der Waals surface area contributed by atoms with E-state index in [1.54, 1.807) is 0 Å². The molecule has 1 N–H and O–H groups in total. The van der Waals surface area contributed by atoms with Gasteiger partial charge >= 0.3 is 18.3 Å². The first-order valence-electron chi connectivity index (χ1n) is 5.17. The molecule has 3 nitrogen and oxygen atoms in total. The molecule has 112 valence electrons. The Labute approximate surface area is 108 Å². The summed E-state index contributed by atoms with van der Waals surface area (Å²) in [5.74, 6) is -2.99. The molecule has 0 aromatic heterocycles. The summed E-state index contributed by atoms with van der Waals surface area (Å²) in [6.07, 6.45) is -10.3. The Kier molecular flexibility index (Phi) is 4.21. The third-order valence-corrected chi connectivity index (χ3v) is 2.25. The normalized spacial score (nSPS) is 12.3. The van der Waals surface area contributed by atoms with E-state index in [0.29, 0.717) is 0 Å². The van der Waals surface area contributed by atoms with Crippen LogP contribution in [0.25, 0.3) is 0 Å². The average Bonchev–Trinajstić information content (AvgIpc) is 2.25. The van der Waals surface area contributed by atoms with E-state index in [1.165, 1.54) is 6.92 Å². The van der Waals surface area contributed by atoms with Crippen molar-refractivity contribution in [2.24, 2.45) is 0 Å². The van der Waals surface area contributed by atoms with E-state index in [-0.39, 0.29) is 18.7 Å². The Hall–Kier alpha value is -1.93. The predicted octanol–water partition coefficient (Wildman–Crippen LogP) is 3.82. The molecule has 1 aromatic rings. The van der Waals surface area contributed by atoms with Gasteiger partial charge in [0, 0.05) is 0 Å². The average molecular weight is 302 g/mol. The van der Waals surface area contributed by atoms with Gasteiger partial charge in [0.15, 0.2) is 0 Å². The fourth-order valence-electron chi connectivity index (χ4n) is 1.49. The summed E-state index contributed by atoms with van der Waals surface area (Å²) in [5.41, 5.74) is -4.87. The van der Waals surface area contributed by atoms with Gasteiger partial charge in [-0.15, -0.1) is 0 Å². The van der Waals surface area contributed by atoms with Crippen LogP contribution in [0, 0.1) is 0 Å². The molecule has 0 radical (unpaired) electrons. The second-order valence-corrected chi connectivity index (χ2v) is 3.63. The van der Waals surface area contributed by atoms with Crippen LogP contribution in [-0.4, -0.2) is 17.7 Å². The number of carbonyl (C=O) groups is 1. The molecule has 0 saturated carbocycles. The van der Waals surface area contributed by atoms with E-state index < -0.39 is 40.8 Å². The van der Waals surface area contributed by atoms with Crippen molar-refractivity contribution in [3.8, 4) is 5.75 Å². The second-order valence-electron chi connectivity index (χ2n) is 3.63. The van der Waals surface area contributed by atoms with Crippen molar-refractivity contribution in [1.82, 2.24) is 0 Å². The lowest BCUT2D eigenvalue weighted by Crippen LogP contribution is -2.18. The van der Waals surface area contributed by atoms with Crippen molar-refractivity contribution in [2.75, 3.05) is 6.61 Å². The Balaban J connectivity index is 3.69. The van der Waals surface area contributed by atoms with E-state index in [2.05, 4.69) is 4.74 Å². The first-order valence-corrected chi connectivity index (χ1v) is 5.17. The van der Waals surface area contributed by atoms with E-state index in [0.717, 1.165) is 0 Å². The highest BCUT2D eigenvalue weighted by Crippen LogP contribution is 2.41. The zero-order chi connectivity index (χ0) is 15.7. The molecule has 0 unspecified atom stereocenters. The van der Waals surface area contributed by atoms with Crippen molar-refractivity contribution in [3.05, 3.63) is 28.8 Å². The molecular formula is C11H8F6O3. The van der Waals surface area contributed by atoms with E-state index in [1.807, 2.05) is 0 Å². The van der Waals surface area contributed by atoms with Crippen molar-refractivity contribution in [1.29, 1.82) is 0 Å². The van der Waals surface area contributed by atoms with E-state index in [9.17, 15) is 31.1 Å². The van der Waals surface area contributed by atoms with Gasteiger partial charge in [-0.2, -0.15) is 26.3 Å². The molecular weight excluding hydrogens is 294 g/mol. The molecule has 20 heavy (non-hydrogen) atoms. The highest BCUT2D eigenvalue weighted by atomic mass is 19.4. The van der Waals surface area contributed by atoms with E-state index >= 15 is 0 Å². The molecule has 0 fully saturated rings.